The van der Waals surface area contributed by atoms with Crippen LogP contribution < -0.4 is 15.1 Å². The summed E-state index contributed by atoms with van der Waals surface area (Å²) < 4.78 is 15.0. The molecule has 1 aliphatic rings. The van der Waals surface area contributed by atoms with Crippen LogP contribution in [0.25, 0.3) is 0 Å². The minimum absolute atomic E-state index is 0.000494. The van der Waals surface area contributed by atoms with Gasteiger partial charge in [-0.1, -0.05) is 6.07 Å². The summed E-state index contributed by atoms with van der Waals surface area (Å²) in [7, 11) is 3.58. The van der Waals surface area contributed by atoms with E-state index in [1.54, 1.807) is 28.9 Å². The summed E-state index contributed by atoms with van der Waals surface area (Å²) in [6, 6.07) is 5.86. The number of halogens is 1. The Balaban J connectivity index is 1.49. The van der Waals surface area contributed by atoms with Crippen molar-refractivity contribution in [3.8, 4) is 6.07 Å². The highest BCUT2D eigenvalue weighted by atomic mass is 19.1. The fraction of sp³-hybridized carbons (Fsp3) is 0.318. The molecule has 10 heteroatoms. The minimum Gasteiger partial charge on any atom is -0.350 e. The summed E-state index contributed by atoms with van der Waals surface area (Å²) in [5, 5.41) is 16.8. The third-order valence-electron chi connectivity index (χ3n) is 5.64. The highest BCUT2D eigenvalue weighted by Crippen LogP contribution is 2.35. The number of hydrogen-bond donors (Lipinski definition) is 1. The maximum absolute atomic E-state index is 13.3. The van der Waals surface area contributed by atoms with E-state index in [9.17, 15) is 14.4 Å². The summed E-state index contributed by atoms with van der Waals surface area (Å²) >= 11 is 0. The number of aryl methyl sites for hydroxylation is 1. The number of hydrogen-bond acceptors (Lipinski definition) is 7. The molecular weight excluding hydrogens is 411 g/mol. The molecule has 1 atom stereocenters. The van der Waals surface area contributed by atoms with Gasteiger partial charge < -0.3 is 15.1 Å². The number of likely N-dealkylation sites (N-methyl/N-ethyl adjacent to an activating group) is 2. The van der Waals surface area contributed by atoms with Crippen LogP contribution in [0.1, 0.15) is 29.3 Å². The van der Waals surface area contributed by atoms with Gasteiger partial charge in [0.05, 0.1) is 30.1 Å². The number of nitrogens with zero attached hydrogens (tertiary/aromatic N) is 7. The van der Waals surface area contributed by atoms with Crippen LogP contribution in [0.4, 0.5) is 21.8 Å². The zero-order valence-corrected chi connectivity index (χ0v) is 18.3. The Morgan fingerprint density at radius 1 is 1.28 bits per heavy atom. The molecule has 1 unspecified atom stereocenters. The number of benzene rings is 1. The standard InChI is InChI=1S/C22H23FN8O/c1-13-19-20(29(3)14(2)21(32)30(19)4)28-22(27-13)25-9-15-10-26-31(11-15)12-16-5-6-18(23)7-17(16)8-24/h5-7,10-11,14H,9,12H2,1-4H3,(H,25,27,28). The number of carbonyl (C=O) groups excluding carboxylic acids is 1. The van der Waals surface area contributed by atoms with Gasteiger partial charge in [0, 0.05) is 32.4 Å². The molecule has 0 spiro atoms. The number of anilines is 3. The summed E-state index contributed by atoms with van der Waals surface area (Å²) in [4.78, 5) is 25.0. The second kappa shape index (κ2) is 8.26. The molecule has 9 nitrogen and oxygen atoms in total. The van der Waals surface area contributed by atoms with Crippen LogP contribution in [0.3, 0.4) is 0 Å². The van der Waals surface area contributed by atoms with Crippen molar-refractivity contribution in [2.75, 3.05) is 29.2 Å². The molecule has 32 heavy (non-hydrogen) atoms. The van der Waals surface area contributed by atoms with Crippen molar-refractivity contribution >= 4 is 23.4 Å². The van der Waals surface area contributed by atoms with E-state index in [1.807, 2.05) is 38.1 Å². The molecule has 0 bridgehead atoms. The smallest absolute Gasteiger partial charge is 0.249 e. The van der Waals surface area contributed by atoms with E-state index in [-0.39, 0.29) is 11.9 Å². The van der Waals surface area contributed by atoms with E-state index in [2.05, 4.69) is 20.4 Å². The summed E-state index contributed by atoms with van der Waals surface area (Å²) in [5.41, 5.74) is 3.31. The van der Waals surface area contributed by atoms with Gasteiger partial charge in [-0.25, -0.2) is 9.37 Å². The predicted molar refractivity (Wildman–Crippen MR) is 118 cm³/mol. The van der Waals surface area contributed by atoms with Crippen molar-refractivity contribution in [3.05, 3.63) is 58.8 Å². The quantitative estimate of drug-likeness (QED) is 0.658. The molecule has 1 amide bonds. The number of amides is 1. The third kappa shape index (κ3) is 3.85. The average Bonchev–Trinajstić information content (AvgIpc) is 3.23. The number of nitriles is 1. The largest absolute Gasteiger partial charge is 0.350 e. The van der Waals surface area contributed by atoms with E-state index >= 15 is 0 Å². The van der Waals surface area contributed by atoms with Gasteiger partial charge in [0.2, 0.25) is 11.9 Å². The molecule has 4 rings (SSSR count). The zero-order valence-electron chi connectivity index (χ0n) is 18.3. The summed E-state index contributed by atoms with van der Waals surface area (Å²) in [5.74, 6) is 0.721. The van der Waals surface area contributed by atoms with Crippen LogP contribution in [0.5, 0.6) is 0 Å². The van der Waals surface area contributed by atoms with Crippen molar-refractivity contribution in [1.82, 2.24) is 19.7 Å². The molecule has 1 aliphatic heterocycles. The van der Waals surface area contributed by atoms with E-state index in [4.69, 9.17) is 0 Å². The molecule has 0 saturated carbocycles. The van der Waals surface area contributed by atoms with Crippen LogP contribution >= 0.6 is 0 Å². The first-order valence-electron chi connectivity index (χ1n) is 10.1. The molecule has 0 fully saturated rings. The second-order valence-electron chi connectivity index (χ2n) is 7.80. The summed E-state index contributed by atoms with van der Waals surface area (Å²) in [6.07, 6.45) is 3.57. The molecule has 3 heterocycles. The monoisotopic (exact) mass is 434 g/mol. The van der Waals surface area contributed by atoms with Crippen LogP contribution in [0, 0.1) is 24.1 Å². The molecule has 0 aliphatic carbocycles. The van der Waals surface area contributed by atoms with Gasteiger partial charge in [0.15, 0.2) is 5.82 Å². The third-order valence-corrected chi connectivity index (χ3v) is 5.64. The van der Waals surface area contributed by atoms with Crippen LogP contribution in [-0.4, -0.2) is 45.8 Å². The van der Waals surface area contributed by atoms with Crippen molar-refractivity contribution in [2.45, 2.75) is 33.0 Å². The van der Waals surface area contributed by atoms with E-state index < -0.39 is 5.82 Å². The van der Waals surface area contributed by atoms with Gasteiger partial charge in [-0.05, 0) is 31.5 Å². The Morgan fingerprint density at radius 3 is 2.81 bits per heavy atom. The SMILES string of the molecule is Cc1nc(NCc2cnn(Cc3ccc(F)cc3C#N)c2)nc2c1N(C)C(=O)C(C)N2C. The van der Waals surface area contributed by atoms with Crippen molar-refractivity contribution in [2.24, 2.45) is 0 Å². The van der Waals surface area contributed by atoms with Crippen molar-refractivity contribution < 1.29 is 9.18 Å². The number of aromatic nitrogens is 4. The summed E-state index contributed by atoms with van der Waals surface area (Å²) in [6.45, 7) is 4.51. The first kappa shape index (κ1) is 21.2. The van der Waals surface area contributed by atoms with Gasteiger partial charge >= 0.3 is 0 Å². The van der Waals surface area contributed by atoms with Crippen LogP contribution in [-0.2, 0) is 17.9 Å². The van der Waals surface area contributed by atoms with Gasteiger partial charge in [0.25, 0.3) is 0 Å². The molecule has 0 saturated heterocycles. The van der Waals surface area contributed by atoms with Crippen LogP contribution in [0.2, 0.25) is 0 Å². The molecule has 1 N–H and O–H groups in total. The van der Waals surface area contributed by atoms with Gasteiger partial charge in [-0.2, -0.15) is 15.3 Å². The van der Waals surface area contributed by atoms with E-state index in [0.29, 0.717) is 47.4 Å². The highest BCUT2D eigenvalue weighted by Gasteiger charge is 2.34. The topological polar surface area (TPSA) is 103 Å². The number of rotatable bonds is 5. The van der Waals surface area contributed by atoms with Crippen LogP contribution in [0.15, 0.2) is 30.6 Å². The predicted octanol–water partition coefficient (Wildman–Crippen LogP) is 2.45. The lowest BCUT2D eigenvalue weighted by atomic mass is 10.1. The molecule has 1 aromatic carbocycles. The Hall–Kier alpha value is -4.00. The second-order valence-corrected chi connectivity index (χ2v) is 7.80. The Labute approximate surface area is 185 Å². The maximum atomic E-state index is 13.3. The lowest BCUT2D eigenvalue weighted by Gasteiger charge is -2.37. The number of carbonyl (C=O) groups is 1. The molecular formula is C22H23FN8O. The first-order valence-corrected chi connectivity index (χ1v) is 10.1. The molecule has 3 aromatic rings. The average molecular weight is 434 g/mol. The maximum Gasteiger partial charge on any atom is 0.249 e. The molecule has 0 radical (unpaired) electrons. The lowest BCUT2D eigenvalue weighted by Crippen LogP contribution is -2.49. The van der Waals surface area contributed by atoms with Gasteiger partial charge in [-0.3, -0.25) is 9.48 Å². The van der Waals surface area contributed by atoms with Gasteiger partial charge in [0.1, 0.15) is 17.5 Å². The van der Waals surface area contributed by atoms with E-state index in [1.165, 1.54) is 12.1 Å². The highest BCUT2D eigenvalue weighted by molar-refractivity contribution is 6.04. The zero-order chi connectivity index (χ0) is 23.0. The molecule has 2 aromatic heterocycles. The van der Waals surface area contributed by atoms with Crippen molar-refractivity contribution in [3.63, 3.8) is 0 Å². The Kier molecular flexibility index (Phi) is 5.48. The number of fused-ring (bicyclic) bond motifs is 1. The fourth-order valence-corrected chi connectivity index (χ4v) is 3.74. The minimum atomic E-state index is -0.438. The Bertz CT molecular complexity index is 1230. The van der Waals surface area contributed by atoms with E-state index in [0.717, 1.165) is 5.56 Å². The molecule has 164 valence electrons. The lowest BCUT2D eigenvalue weighted by molar-refractivity contribution is -0.119. The normalized spacial score (nSPS) is 15.5. The van der Waals surface area contributed by atoms with Gasteiger partial charge in [-0.15, -0.1) is 0 Å². The van der Waals surface area contributed by atoms with Crippen molar-refractivity contribution in [1.29, 1.82) is 5.26 Å². The number of nitrogens with one attached hydrogen (secondary N) is 1. The first-order chi connectivity index (χ1) is 15.3. The Morgan fingerprint density at radius 2 is 2.06 bits per heavy atom. The fourth-order valence-electron chi connectivity index (χ4n) is 3.74.